The SMILES string of the molecule is C=CC(=O)OC(O)(OCCCOC)C(C)(C)C. The fourth-order valence-electron chi connectivity index (χ4n) is 0.991. The maximum absolute atomic E-state index is 11.2. The van der Waals surface area contributed by atoms with E-state index in [-0.39, 0.29) is 6.61 Å². The summed E-state index contributed by atoms with van der Waals surface area (Å²) in [7, 11) is 1.58. The van der Waals surface area contributed by atoms with Crippen LogP contribution in [0.1, 0.15) is 27.2 Å². The van der Waals surface area contributed by atoms with Crippen LogP contribution >= 0.6 is 0 Å². The number of methoxy groups -OCH3 is 1. The predicted molar refractivity (Wildman–Crippen MR) is 63.1 cm³/mol. The third-order valence-corrected chi connectivity index (χ3v) is 2.14. The number of carbonyl (C=O) groups is 1. The van der Waals surface area contributed by atoms with Crippen molar-refractivity contribution in [3.05, 3.63) is 12.7 Å². The maximum atomic E-state index is 11.2. The first-order chi connectivity index (χ1) is 7.77. The first-order valence-corrected chi connectivity index (χ1v) is 5.47. The van der Waals surface area contributed by atoms with E-state index in [0.29, 0.717) is 13.0 Å². The second kappa shape index (κ2) is 6.74. The molecule has 5 heteroatoms. The molecule has 0 aliphatic heterocycles. The van der Waals surface area contributed by atoms with Crippen LogP contribution in [0.15, 0.2) is 12.7 Å². The molecule has 0 aromatic rings. The van der Waals surface area contributed by atoms with Gasteiger partial charge in [0.1, 0.15) is 0 Å². The minimum atomic E-state index is -1.97. The zero-order chi connectivity index (χ0) is 13.5. The molecule has 0 rings (SSSR count). The van der Waals surface area contributed by atoms with Crippen LogP contribution in [0.2, 0.25) is 0 Å². The van der Waals surface area contributed by atoms with Gasteiger partial charge in [-0.2, -0.15) is 0 Å². The smallest absolute Gasteiger partial charge is 0.334 e. The van der Waals surface area contributed by atoms with Crippen LogP contribution in [-0.2, 0) is 19.0 Å². The summed E-state index contributed by atoms with van der Waals surface area (Å²) in [6, 6.07) is 0. The monoisotopic (exact) mass is 246 g/mol. The van der Waals surface area contributed by atoms with Crippen molar-refractivity contribution in [1.29, 1.82) is 0 Å². The van der Waals surface area contributed by atoms with Crippen molar-refractivity contribution in [2.75, 3.05) is 20.3 Å². The second-order valence-electron chi connectivity index (χ2n) is 4.65. The number of hydrogen-bond acceptors (Lipinski definition) is 5. The fraction of sp³-hybridized carbons (Fsp3) is 0.750. The molecule has 0 saturated carbocycles. The van der Waals surface area contributed by atoms with Crippen LogP contribution < -0.4 is 0 Å². The van der Waals surface area contributed by atoms with Crippen molar-refractivity contribution in [1.82, 2.24) is 0 Å². The summed E-state index contributed by atoms with van der Waals surface area (Å²) >= 11 is 0. The van der Waals surface area contributed by atoms with E-state index in [1.807, 2.05) is 0 Å². The lowest BCUT2D eigenvalue weighted by Crippen LogP contribution is -2.49. The van der Waals surface area contributed by atoms with Gasteiger partial charge in [0.05, 0.1) is 12.0 Å². The van der Waals surface area contributed by atoms with E-state index in [0.717, 1.165) is 6.08 Å². The van der Waals surface area contributed by atoms with Crippen LogP contribution in [-0.4, -0.2) is 37.4 Å². The standard InChI is InChI=1S/C12H22O5/c1-6-10(13)17-12(14,11(2,3)4)16-9-7-8-15-5/h6,14H,1,7-9H2,2-5H3. The summed E-state index contributed by atoms with van der Waals surface area (Å²) in [6.07, 6.45) is 1.58. The van der Waals surface area contributed by atoms with Crippen LogP contribution in [0.3, 0.4) is 0 Å². The molecule has 0 fully saturated rings. The summed E-state index contributed by atoms with van der Waals surface area (Å²) in [5.74, 6) is -2.69. The number of hydrogen-bond donors (Lipinski definition) is 1. The van der Waals surface area contributed by atoms with Crippen LogP contribution in [0, 0.1) is 5.41 Å². The van der Waals surface area contributed by atoms with Crippen molar-refractivity contribution < 1.29 is 24.1 Å². The fourth-order valence-corrected chi connectivity index (χ4v) is 0.991. The molecule has 1 N–H and O–H groups in total. The van der Waals surface area contributed by atoms with Crippen molar-refractivity contribution in [2.45, 2.75) is 33.2 Å². The summed E-state index contributed by atoms with van der Waals surface area (Å²) in [5.41, 5.74) is -0.765. The van der Waals surface area contributed by atoms with Crippen molar-refractivity contribution >= 4 is 5.97 Å². The lowest BCUT2D eigenvalue weighted by atomic mass is 9.93. The molecule has 1 unspecified atom stereocenters. The van der Waals surface area contributed by atoms with Crippen LogP contribution in [0.25, 0.3) is 0 Å². The first-order valence-electron chi connectivity index (χ1n) is 5.47. The highest BCUT2D eigenvalue weighted by atomic mass is 16.8. The zero-order valence-corrected chi connectivity index (χ0v) is 11.0. The third kappa shape index (κ3) is 5.30. The summed E-state index contributed by atoms with van der Waals surface area (Å²) in [4.78, 5) is 11.2. The maximum Gasteiger partial charge on any atom is 0.334 e. The second-order valence-corrected chi connectivity index (χ2v) is 4.65. The third-order valence-electron chi connectivity index (χ3n) is 2.14. The minimum absolute atomic E-state index is 0.228. The molecule has 0 bridgehead atoms. The lowest BCUT2D eigenvalue weighted by Gasteiger charge is -2.37. The van der Waals surface area contributed by atoms with Crippen molar-refractivity contribution in [3.8, 4) is 0 Å². The van der Waals surface area contributed by atoms with Gasteiger partial charge in [-0.05, 0) is 6.42 Å². The van der Waals surface area contributed by atoms with Gasteiger partial charge in [0.25, 0.3) is 0 Å². The zero-order valence-electron chi connectivity index (χ0n) is 11.0. The van der Waals surface area contributed by atoms with Crippen LogP contribution in [0.5, 0.6) is 0 Å². The predicted octanol–water partition coefficient (Wildman–Crippen LogP) is 1.46. The van der Waals surface area contributed by atoms with Gasteiger partial charge < -0.3 is 19.3 Å². The van der Waals surface area contributed by atoms with Gasteiger partial charge in [-0.15, -0.1) is 0 Å². The highest BCUT2D eigenvalue weighted by Gasteiger charge is 2.45. The molecular weight excluding hydrogens is 224 g/mol. The molecular formula is C12H22O5. The Morgan fingerprint density at radius 1 is 1.35 bits per heavy atom. The van der Waals surface area contributed by atoms with Gasteiger partial charge in [-0.25, -0.2) is 4.79 Å². The molecule has 17 heavy (non-hydrogen) atoms. The topological polar surface area (TPSA) is 65.0 Å². The number of esters is 1. The Kier molecular flexibility index (Phi) is 6.37. The summed E-state index contributed by atoms with van der Waals surface area (Å²) in [6.45, 7) is 9.14. The highest BCUT2D eigenvalue weighted by Crippen LogP contribution is 2.33. The molecule has 5 nitrogen and oxygen atoms in total. The number of carbonyl (C=O) groups excluding carboxylic acids is 1. The molecule has 0 amide bonds. The van der Waals surface area contributed by atoms with Crippen LogP contribution in [0.4, 0.5) is 0 Å². The van der Waals surface area contributed by atoms with Gasteiger partial charge in [-0.1, -0.05) is 27.4 Å². The van der Waals surface area contributed by atoms with E-state index >= 15 is 0 Å². The number of rotatable bonds is 7. The van der Waals surface area contributed by atoms with Gasteiger partial charge >= 0.3 is 11.9 Å². The average molecular weight is 246 g/mol. The Hall–Kier alpha value is -0.910. The van der Waals surface area contributed by atoms with Crippen molar-refractivity contribution in [2.24, 2.45) is 5.41 Å². The van der Waals surface area contributed by atoms with Crippen molar-refractivity contribution in [3.63, 3.8) is 0 Å². The number of aliphatic hydroxyl groups is 1. The molecule has 0 aromatic carbocycles. The lowest BCUT2D eigenvalue weighted by molar-refractivity contribution is -0.385. The van der Waals surface area contributed by atoms with Gasteiger partial charge in [-0.3, -0.25) is 0 Å². The molecule has 0 aromatic heterocycles. The molecule has 0 spiro atoms. The average Bonchev–Trinajstić information content (AvgIpc) is 2.22. The normalized spacial score (nSPS) is 15.1. The van der Waals surface area contributed by atoms with E-state index in [9.17, 15) is 9.90 Å². The van der Waals surface area contributed by atoms with E-state index in [1.165, 1.54) is 0 Å². The molecule has 0 aliphatic carbocycles. The molecule has 0 saturated heterocycles. The Morgan fingerprint density at radius 2 is 1.94 bits per heavy atom. The highest BCUT2D eigenvalue weighted by molar-refractivity contribution is 5.81. The van der Waals surface area contributed by atoms with E-state index in [1.54, 1.807) is 27.9 Å². The van der Waals surface area contributed by atoms with E-state index in [4.69, 9.17) is 14.2 Å². The summed E-state index contributed by atoms with van der Waals surface area (Å²) in [5, 5.41) is 10.2. The Bertz CT molecular complexity index is 256. The number of ether oxygens (including phenoxy) is 3. The van der Waals surface area contributed by atoms with Gasteiger partial charge in [0, 0.05) is 19.8 Å². The molecule has 100 valence electrons. The van der Waals surface area contributed by atoms with E-state index in [2.05, 4.69) is 6.58 Å². The van der Waals surface area contributed by atoms with Gasteiger partial charge in [0.15, 0.2) is 0 Å². The molecule has 1 atom stereocenters. The van der Waals surface area contributed by atoms with E-state index < -0.39 is 17.4 Å². The quantitative estimate of drug-likeness (QED) is 0.319. The molecule has 0 heterocycles. The molecule has 0 radical (unpaired) electrons. The minimum Gasteiger partial charge on any atom is -0.404 e. The largest absolute Gasteiger partial charge is 0.404 e. The Balaban J connectivity index is 4.51. The van der Waals surface area contributed by atoms with Gasteiger partial charge in [0.2, 0.25) is 0 Å². The summed E-state index contributed by atoms with van der Waals surface area (Å²) < 4.78 is 15.0. The Morgan fingerprint density at radius 3 is 2.35 bits per heavy atom. The Labute approximate surface area is 102 Å². The first kappa shape index (κ1) is 16.1. The molecule has 0 aliphatic rings.